The Morgan fingerprint density at radius 2 is 1.97 bits per heavy atom. The molecule has 0 spiro atoms. The zero-order valence-electron chi connectivity index (χ0n) is 16.0. The highest BCUT2D eigenvalue weighted by Gasteiger charge is 2.20. The normalized spacial score (nSPS) is 14.0. The van der Waals surface area contributed by atoms with Crippen LogP contribution in [0.1, 0.15) is 17.5 Å². The van der Waals surface area contributed by atoms with E-state index in [0.29, 0.717) is 19.5 Å². The van der Waals surface area contributed by atoms with E-state index in [4.69, 9.17) is 0 Å². The van der Waals surface area contributed by atoms with E-state index >= 15 is 0 Å². The number of rotatable bonds is 5. The Balaban J connectivity index is 1.33. The van der Waals surface area contributed by atoms with Crippen molar-refractivity contribution < 1.29 is 14.0 Å². The standard InChI is InChI=1S/C23H22FN3O2/c24-18-6-7-19-20(14-25-21(19)13-18)17-8-10-27(11-9-17)23(29)15-26-22(28)12-16-4-2-1-3-5-16/h1-8,13-14,25H,9-12,15H2,(H,26,28). The monoisotopic (exact) mass is 391 g/mol. The molecule has 2 amide bonds. The minimum atomic E-state index is -0.269. The second kappa shape index (κ2) is 8.31. The predicted octanol–water partition coefficient (Wildman–Crippen LogP) is 3.28. The first kappa shape index (κ1) is 18.9. The van der Waals surface area contributed by atoms with E-state index in [-0.39, 0.29) is 30.6 Å². The lowest BCUT2D eigenvalue weighted by Gasteiger charge is -2.26. The van der Waals surface area contributed by atoms with Gasteiger partial charge in [-0.15, -0.1) is 0 Å². The van der Waals surface area contributed by atoms with Gasteiger partial charge in [-0.05, 0) is 35.8 Å². The molecular weight excluding hydrogens is 369 g/mol. The molecule has 2 aromatic carbocycles. The molecule has 1 aliphatic rings. The van der Waals surface area contributed by atoms with E-state index in [1.807, 2.05) is 42.6 Å². The van der Waals surface area contributed by atoms with Crippen molar-refractivity contribution in [3.05, 3.63) is 77.7 Å². The SMILES string of the molecule is O=C(Cc1ccccc1)NCC(=O)N1CC=C(c2c[nH]c3cc(F)ccc23)CC1. The molecule has 1 aromatic heterocycles. The molecule has 0 saturated heterocycles. The van der Waals surface area contributed by atoms with E-state index in [0.717, 1.165) is 27.6 Å². The summed E-state index contributed by atoms with van der Waals surface area (Å²) < 4.78 is 13.4. The fourth-order valence-corrected chi connectivity index (χ4v) is 3.63. The maximum Gasteiger partial charge on any atom is 0.242 e. The van der Waals surface area contributed by atoms with Crippen LogP contribution in [-0.2, 0) is 16.0 Å². The van der Waals surface area contributed by atoms with Gasteiger partial charge in [0.2, 0.25) is 11.8 Å². The van der Waals surface area contributed by atoms with Crippen LogP contribution in [0.5, 0.6) is 0 Å². The Morgan fingerprint density at radius 3 is 2.72 bits per heavy atom. The molecule has 2 heterocycles. The number of aromatic amines is 1. The van der Waals surface area contributed by atoms with Crippen molar-refractivity contribution in [2.45, 2.75) is 12.8 Å². The van der Waals surface area contributed by atoms with Crippen molar-refractivity contribution in [2.24, 2.45) is 0 Å². The van der Waals surface area contributed by atoms with Crippen molar-refractivity contribution in [1.82, 2.24) is 15.2 Å². The average Bonchev–Trinajstić information content (AvgIpc) is 3.16. The summed E-state index contributed by atoms with van der Waals surface area (Å²) in [7, 11) is 0. The number of nitrogens with one attached hydrogen (secondary N) is 2. The van der Waals surface area contributed by atoms with Crippen molar-refractivity contribution in [3.8, 4) is 0 Å². The highest BCUT2D eigenvalue weighted by atomic mass is 19.1. The van der Waals surface area contributed by atoms with Crippen molar-refractivity contribution in [2.75, 3.05) is 19.6 Å². The quantitative estimate of drug-likeness (QED) is 0.701. The van der Waals surface area contributed by atoms with E-state index in [1.54, 1.807) is 11.0 Å². The van der Waals surface area contributed by atoms with E-state index < -0.39 is 0 Å². The highest BCUT2D eigenvalue weighted by molar-refractivity contribution is 5.93. The second-order valence-electron chi connectivity index (χ2n) is 7.15. The zero-order valence-corrected chi connectivity index (χ0v) is 16.0. The largest absolute Gasteiger partial charge is 0.360 e. The summed E-state index contributed by atoms with van der Waals surface area (Å²) in [5.41, 5.74) is 3.87. The molecule has 148 valence electrons. The van der Waals surface area contributed by atoms with Gasteiger partial charge < -0.3 is 15.2 Å². The lowest BCUT2D eigenvalue weighted by Crippen LogP contribution is -2.42. The molecule has 0 bridgehead atoms. The first-order chi connectivity index (χ1) is 14.1. The topological polar surface area (TPSA) is 65.2 Å². The number of hydrogen-bond acceptors (Lipinski definition) is 2. The number of amides is 2. The van der Waals surface area contributed by atoms with Gasteiger partial charge in [-0.25, -0.2) is 4.39 Å². The Kier molecular flexibility index (Phi) is 5.42. The van der Waals surface area contributed by atoms with E-state index in [1.165, 1.54) is 12.1 Å². The van der Waals surface area contributed by atoms with Crippen LogP contribution in [0.3, 0.4) is 0 Å². The molecule has 0 aliphatic carbocycles. The summed E-state index contributed by atoms with van der Waals surface area (Å²) in [6.45, 7) is 1.09. The third-order valence-electron chi connectivity index (χ3n) is 5.20. The molecule has 1 aliphatic heterocycles. The van der Waals surface area contributed by atoms with Crippen molar-refractivity contribution in [3.63, 3.8) is 0 Å². The molecule has 0 radical (unpaired) electrons. The van der Waals surface area contributed by atoms with Crippen LogP contribution in [0, 0.1) is 5.82 Å². The first-order valence-electron chi connectivity index (χ1n) is 9.64. The lowest BCUT2D eigenvalue weighted by molar-refractivity contribution is -0.132. The van der Waals surface area contributed by atoms with Gasteiger partial charge in [-0.2, -0.15) is 0 Å². The molecule has 6 heteroatoms. The highest BCUT2D eigenvalue weighted by Crippen LogP contribution is 2.29. The predicted molar refractivity (Wildman–Crippen MR) is 111 cm³/mol. The van der Waals surface area contributed by atoms with Crippen LogP contribution in [-0.4, -0.2) is 41.3 Å². The van der Waals surface area contributed by atoms with Crippen LogP contribution in [0.15, 0.2) is 60.8 Å². The second-order valence-corrected chi connectivity index (χ2v) is 7.15. The minimum absolute atomic E-state index is 0.00119. The van der Waals surface area contributed by atoms with Gasteiger partial charge in [0.15, 0.2) is 0 Å². The average molecular weight is 391 g/mol. The molecule has 3 aromatic rings. The molecule has 0 fully saturated rings. The van der Waals surface area contributed by atoms with Crippen LogP contribution < -0.4 is 5.32 Å². The number of carbonyl (C=O) groups excluding carboxylic acids is 2. The fraction of sp³-hybridized carbons (Fsp3) is 0.217. The van der Waals surface area contributed by atoms with E-state index in [9.17, 15) is 14.0 Å². The van der Waals surface area contributed by atoms with Gasteiger partial charge in [-0.1, -0.05) is 36.4 Å². The number of nitrogens with zero attached hydrogens (tertiary/aromatic N) is 1. The van der Waals surface area contributed by atoms with Gasteiger partial charge in [0.1, 0.15) is 5.82 Å². The lowest BCUT2D eigenvalue weighted by atomic mass is 9.99. The number of fused-ring (bicyclic) bond motifs is 1. The summed E-state index contributed by atoms with van der Waals surface area (Å²) in [5.74, 6) is -0.527. The Labute approximate surface area is 168 Å². The smallest absolute Gasteiger partial charge is 0.242 e. The van der Waals surface area contributed by atoms with Crippen LogP contribution in [0.2, 0.25) is 0 Å². The van der Waals surface area contributed by atoms with Crippen LogP contribution in [0.4, 0.5) is 4.39 Å². The molecule has 4 rings (SSSR count). The van der Waals surface area contributed by atoms with Gasteiger partial charge in [0, 0.05) is 35.8 Å². The number of H-pyrrole nitrogens is 1. The van der Waals surface area contributed by atoms with Crippen molar-refractivity contribution >= 4 is 28.3 Å². The maximum atomic E-state index is 13.4. The Bertz CT molecular complexity index is 1070. The van der Waals surface area contributed by atoms with Crippen LogP contribution >= 0.6 is 0 Å². The Morgan fingerprint density at radius 1 is 1.14 bits per heavy atom. The summed E-state index contributed by atoms with van der Waals surface area (Å²) in [6.07, 6.45) is 4.89. The number of halogens is 1. The molecule has 2 N–H and O–H groups in total. The minimum Gasteiger partial charge on any atom is -0.360 e. The number of aromatic nitrogens is 1. The number of carbonyl (C=O) groups is 2. The van der Waals surface area contributed by atoms with Gasteiger partial charge in [0.05, 0.1) is 13.0 Å². The number of hydrogen-bond donors (Lipinski definition) is 2. The van der Waals surface area contributed by atoms with E-state index in [2.05, 4.69) is 10.3 Å². The van der Waals surface area contributed by atoms with Gasteiger partial charge in [0.25, 0.3) is 0 Å². The molecule has 5 nitrogen and oxygen atoms in total. The summed E-state index contributed by atoms with van der Waals surface area (Å²) >= 11 is 0. The van der Waals surface area contributed by atoms with Gasteiger partial charge in [-0.3, -0.25) is 9.59 Å². The molecular formula is C23H22FN3O2. The zero-order chi connectivity index (χ0) is 20.2. The van der Waals surface area contributed by atoms with Gasteiger partial charge >= 0.3 is 0 Å². The molecule has 0 saturated carbocycles. The summed E-state index contributed by atoms with van der Waals surface area (Å²) in [4.78, 5) is 29.3. The maximum absolute atomic E-state index is 13.4. The molecule has 0 unspecified atom stereocenters. The van der Waals surface area contributed by atoms with Crippen molar-refractivity contribution in [1.29, 1.82) is 0 Å². The number of benzene rings is 2. The summed E-state index contributed by atoms with van der Waals surface area (Å²) in [5, 5.41) is 3.68. The first-order valence-corrected chi connectivity index (χ1v) is 9.64. The third kappa shape index (κ3) is 4.37. The van der Waals surface area contributed by atoms with Crippen LogP contribution in [0.25, 0.3) is 16.5 Å². The third-order valence-corrected chi connectivity index (χ3v) is 5.20. The molecule has 29 heavy (non-hydrogen) atoms. The Hall–Kier alpha value is -3.41. The fourth-order valence-electron chi connectivity index (χ4n) is 3.63. The summed E-state index contributed by atoms with van der Waals surface area (Å²) in [6, 6.07) is 14.2. The molecule has 0 atom stereocenters.